The van der Waals surface area contributed by atoms with Crippen LogP contribution in [0.25, 0.3) is 0 Å². The maximum absolute atomic E-state index is 11.8. The van der Waals surface area contributed by atoms with Crippen molar-refractivity contribution in [1.82, 2.24) is 0 Å². The van der Waals surface area contributed by atoms with Crippen LogP contribution in [0.2, 0.25) is 0 Å². The van der Waals surface area contributed by atoms with Crippen LogP contribution in [0, 0.1) is 10.4 Å². The molecular weight excluding hydrogens is 276 g/mol. The molecular formula is C14H16N2O5. The minimum atomic E-state index is -0.447. The fourth-order valence-electron chi connectivity index (χ4n) is 1.72. The zero-order chi connectivity index (χ0) is 15.2. The first-order valence-corrected chi connectivity index (χ1v) is 6.25. The van der Waals surface area contributed by atoms with E-state index in [0.29, 0.717) is 11.4 Å². The van der Waals surface area contributed by atoms with E-state index in [9.17, 15) is 10.4 Å². The molecule has 3 N–H and O–H groups in total. The Hall–Kier alpha value is -2.16. The molecule has 0 amide bonds. The lowest BCUT2D eigenvalue weighted by atomic mass is 10.2. The molecule has 7 nitrogen and oxygen atoms in total. The van der Waals surface area contributed by atoms with E-state index in [4.69, 9.17) is 9.94 Å². The lowest BCUT2D eigenvalue weighted by Gasteiger charge is -2.21. The monoisotopic (exact) mass is 292 g/mol. The summed E-state index contributed by atoms with van der Waals surface area (Å²) < 4.78 is 0. The molecule has 0 aliphatic heterocycles. The van der Waals surface area contributed by atoms with E-state index in [2.05, 4.69) is 4.84 Å². The van der Waals surface area contributed by atoms with Gasteiger partial charge in [0.15, 0.2) is 11.4 Å². The van der Waals surface area contributed by atoms with Gasteiger partial charge in [-0.3, -0.25) is 0 Å². The Bertz CT molecular complexity index is 559. The number of rotatable bonds is 6. The molecule has 7 heteroatoms. The first-order valence-electron chi connectivity index (χ1n) is 6.25. The van der Waals surface area contributed by atoms with E-state index >= 15 is 0 Å². The molecule has 2 atom stereocenters. The molecule has 2 unspecified atom stereocenters. The molecule has 2 aromatic rings. The first kappa shape index (κ1) is 15.2. The van der Waals surface area contributed by atoms with Gasteiger partial charge in [-0.25, -0.2) is 4.84 Å². The molecule has 21 heavy (non-hydrogen) atoms. The minimum absolute atomic E-state index is 0.0963. The van der Waals surface area contributed by atoms with Gasteiger partial charge in [0.1, 0.15) is 12.3 Å². The van der Waals surface area contributed by atoms with Crippen LogP contribution in [0.5, 0.6) is 11.5 Å². The summed E-state index contributed by atoms with van der Waals surface area (Å²) in [6.07, 6.45) is 0. The summed E-state index contributed by atoms with van der Waals surface area (Å²) in [6.45, 7) is 0.0963. The average Bonchev–Trinajstić information content (AvgIpc) is 2.49. The molecule has 0 fully saturated rings. The third kappa shape index (κ3) is 4.42. The largest absolute Gasteiger partial charge is 0.595 e. The van der Waals surface area contributed by atoms with Crippen LogP contribution in [-0.2, 0) is 11.4 Å². The quantitative estimate of drug-likeness (QED) is 0.644. The van der Waals surface area contributed by atoms with Crippen molar-refractivity contribution >= 4 is 5.69 Å². The van der Waals surface area contributed by atoms with Crippen molar-refractivity contribution < 1.29 is 25.2 Å². The highest BCUT2D eigenvalue weighted by Gasteiger charge is 2.06. The van der Waals surface area contributed by atoms with Crippen molar-refractivity contribution in [3.8, 4) is 11.5 Å². The summed E-state index contributed by atoms with van der Waals surface area (Å²) in [5.74, 6) is 0.497. The predicted octanol–water partition coefficient (Wildman–Crippen LogP) is -0.155. The van der Waals surface area contributed by atoms with Gasteiger partial charge in [-0.05, 0) is 36.4 Å². The maximum atomic E-state index is 11.8. The van der Waals surface area contributed by atoms with E-state index in [1.807, 2.05) is 0 Å². The predicted molar refractivity (Wildman–Crippen MR) is 74.2 cm³/mol. The van der Waals surface area contributed by atoms with Gasteiger partial charge in [0, 0.05) is 17.7 Å². The number of hydrogen-bond donors (Lipinski definition) is 3. The van der Waals surface area contributed by atoms with Crippen LogP contribution in [0.1, 0.15) is 5.56 Å². The Kier molecular flexibility index (Phi) is 5.09. The van der Waals surface area contributed by atoms with Crippen molar-refractivity contribution in [3.63, 3.8) is 0 Å². The molecule has 2 aromatic carbocycles. The molecule has 0 aliphatic carbocycles. The molecule has 0 saturated heterocycles. The van der Waals surface area contributed by atoms with E-state index < -0.39 is 10.5 Å². The highest BCUT2D eigenvalue weighted by Crippen LogP contribution is 2.12. The second-order valence-corrected chi connectivity index (χ2v) is 4.33. The van der Waals surface area contributed by atoms with E-state index in [-0.39, 0.29) is 12.3 Å². The standard InChI is InChI=1S/C14H16N2O5/c1-20-16(19)12-4-8-14(9-5-12)21-15(18)10-11-2-6-13(17)7-3-11/h2-9,15-17H,10H2,1H3. The number of hydrogen-bond acceptors (Lipinski definition) is 5. The number of quaternary nitrogens is 2. The summed E-state index contributed by atoms with van der Waals surface area (Å²) in [7, 11) is 1.30. The highest BCUT2D eigenvalue weighted by molar-refractivity contribution is 5.35. The molecule has 0 heterocycles. The molecule has 112 valence electrons. The average molecular weight is 292 g/mol. The number of phenols is 1. The Balaban J connectivity index is 1.93. The number of nitrogens with one attached hydrogen (secondary N) is 2. The summed E-state index contributed by atoms with van der Waals surface area (Å²) >= 11 is 0. The van der Waals surface area contributed by atoms with E-state index in [1.165, 1.54) is 43.5 Å². The summed E-state index contributed by atoms with van der Waals surface area (Å²) in [6, 6.07) is 12.4. The lowest BCUT2D eigenvalue weighted by molar-refractivity contribution is -1.03. The highest BCUT2D eigenvalue weighted by atomic mass is 16.9. The van der Waals surface area contributed by atoms with Gasteiger partial charge >= 0.3 is 0 Å². The van der Waals surface area contributed by atoms with Crippen LogP contribution in [-0.4, -0.2) is 12.2 Å². The van der Waals surface area contributed by atoms with Crippen molar-refractivity contribution in [1.29, 1.82) is 0 Å². The molecule has 0 aliphatic rings. The smallest absolute Gasteiger partial charge is 0.191 e. The molecule has 0 aromatic heterocycles. The van der Waals surface area contributed by atoms with E-state index in [0.717, 1.165) is 5.56 Å². The zero-order valence-electron chi connectivity index (χ0n) is 11.4. The van der Waals surface area contributed by atoms with Gasteiger partial charge in [-0.15, -0.1) is 0 Å². The molecule has 0 radical (unpaired) electrons. The second kappa shape index (κ2) is 7.02. The third-order valence-electron chi connectivity index (χ3n) is 2.79. The molecule has 0 spiro atoms. The maximum Gasteiger partial charge on any atom is 0.191 e. The lowest BCUT2D eigenvalue weighted by Crippen LogP contribution is -3.07. The fraction of sp³-hybridized carbons (Fsp3) is 0.143. The molecule has 0 saturated carbocycles. The minimum Gasteiger partial charge on any atom is -0.595 e. The number of hydroxylamine groups is 2. The molecule has 0 bridgehead atoms. The van der Waals surface area contributed by atoms with Crippen LogP contribution in [0.15, 0.2) is 48.5 Å². The third-order valence-corrected chi connectivity index (χ3v) is 2.79. The Morgan fingerprint density at radius 1 is 1.00 bits per heavy atom. The topological polar surface area (TPSA) is 93.7 Å². The SMILES string of the molecule is CO[NH+]([O-])c1ccc(O[NH+]([O-])Cc2ccc(O)cc2)cc1. The fourth-order valence-corrected chi connectivity index (χ4v) is 1.72. The number of aromatic hydroxyl groups is 1. The van der Waals surface area contributed by atoms with Crippen LogP contribution in [0.3, 0.4) is 0 Å². The van der Waals surface area contributed by atoms with Gasteiger partial charge in [-0.1, -0.05) is 0 Å². The summed E-state index contributed by atoms with van der Waals surface area (Å²) in [4.78, 5) is 9.74. The van der Waals surface area contributed by atoms with Crippen molar-refractivity contribution in [2.24, 2.45) is 0 Å². The second-order valence-electron chi connectivity index (χ2n) is 4.33. The Morgan fingerprint density at radius 3 is 2.19 bits per heavy atom. The Morgan fingerprint density at radius 2 is 1.62 bits per heavy atom. The van der Waals surface area contributed by atoms with Crippen molar-refractivity contribution in [2.45, 2.75) is 6.54 Å². The van der Waals surface area contributed by atoms with Gasteiger partial charge in [0.25, 0.3) is 0 Å². The summed E-state index contributed by atoms with van der Waals surface area (Å²) in [5.41, 5.74) is 1.12. The van der Waals surface area contributed by atoms with E-state index in [1.54, 1.807) is 12.1 Å². The van der Waals surface area contributed by atoms with Gasteiger partial charge in [-0.2, -0.15) is 10.5 Å². The summed E-state index contributed by atoms with van der Waals surface area (Å²) in [5, 5.41) is 31.3. The Labute approximate surface area is 121 Å². The van der Waals surface area contributed by atoms with Gasteiger partial charge < -0.3 is 20.4 Å². The first-order chi connectivity index (χ1) is 10.1. The van der Waals surface area contributed by atoms with Crippen LogP contribution in [0.4, 0.5) is 5.69 Å². The van der Waals surface area contributed by atoms with Gasteiger partial charge in [0.05, 0.1) is 7.11 Å². The number of benzene rings is 2. The zero-order valence-corrected chi connectivity index (χ0v) is 11.4. The van der Waals surface area contributed by atoms with Crippen molar-refractivity contribution in [3.05, 3.63) is 64.5 Å². The normalized spacial score (nSPS) is 13.7. The molecule has 2 rings (SSSR count). The van der Waals surface area contributed by atoms with Crippen LogP contribution < -0.4 is 15.3 Å². The van der Waals surface area contributed by atoms with Crippen molar-refractivity contribution in [2.75, 3.05) is 7.11 Å². The van der Waals surface area contributed by atoms with Crippen LogP contribution >= 0.6 is 0 Å². The van der Waals surface area contributed by atoms with Gasteiger partial charge in [0.2, 0.25) is 0 Å². The number of phenolic OH excluding ortho intramolecular Hbond substituents is 1.